The smallest absolute Gasteiger partial charge is 0.271 e. The van der Waals surface area contributed by atoms with Gasteiger partial charge in [-0.1, -0.05) is 0 Å². The van der Waals surface area contributed by atoms with E-state index in [1.807, 2.05) is 0 Å². The van der Waals surface area contributed by atoms with E-state index in [9.17, 15) is 10.1 Å². The third kappa shape index (κ3) is 4.08. The van der Waals surface area contributed by atoms with Crippen molar-refractivity contribution in [2.75, 3.05) is 44.8 Å². The van der Waals surface area contributed by atoms with Gasteiger partial charge in [0.25, 0.3) is 5.69 Å². The van der Waals surface area contributed by atoms with Crippen molar-refractivity contribution >= 4 is 11.4 Å². The Hall–Kier alpha value is -1.86. The van der Waals surface area contributed by atoms with Crippen LogP contribution in [0.25, 0.3) is 0 Å². The molecular formula is C12H17N3O4. The molecule has 1 aromatic carbocycles. The molecule has 0 saturated heterocycles. The Bertz CT molecular complexity index is 439. The molecule has 0 aromatic heterocycles. The number of ether oxygens (including phenoxy) is 2. The quantitative estimate of drug-likeness (QED) is 0.583. The first kappa shape index (κ1) is 13.6. The average molecular weight is 267 g/mol. The summed E-state index contributed by atoms with van der Waals surface area (Å²) in [6.07, 6.45) is 0. The van der Waals surface area contributed by atoms with E-state index in [0.717, 1.165) is 6.54 Å². The van der Waals surface area contributed by atoms with Gasteiger partial charge in [-0.15, -0.1) is 0 Å². The molecule has 1 aliphatic rings. The molecule has 1 heterocycles. The van der Waals surface area contributed by atoms with Gasteiger partial charge in [0.05, 0.1) is 23.8 Å². The highest BCUT2D eigenvalue weighted by Crippen LogP contribution is 2.29. The predicted octanol–water partition coefficient (Wildman–Crippen LogP) is 1.01. The highest BCUT2D eigenvalue weighted by Gasteiger charge is 2.11. The molecule has 0 aliphatic carbocycles. The van der Waals surface area contributed by atoms with E-state index in [-0.39, 0.29) is 5.69 Å². The Morgan fingerprint density at radius 1 is 1.16 bits per heavy atom. The van der Waals surface area contributed by atoms with Crippen LogP contribution in [0.1, 0.15) is 0 Å². The lowest BCUT2D eigenvalue weighted by molar-refractivity contribution is -0.384. The number of nitrogens with one attached hydrogen (secondary N) is 2. The van der Waals surface area contributed by atoms with Gasteiger partial charge >= 0.3 is 0 Å². The number of nitrogens with zero attached hydrogens (tertiary/aromatic N) is 1. The standard InChI is InChI=1S/C12H17N3O4/c16-15(17)10-1-2-12-11(9-10)14-5-7-18-6-3-13-4-8-19-12/h1-2,9,13-14H,3-8H2. The van der Waals surface area contributed by atoms with Gasteiger partial charge in [-0.05, 0) is 6.07 Å². The van der Waals surface area contributed by atoms with Crippen LogP contribution in [0.2, 0.25) is 0 Å². The maximum Gasteiger partial charge on any atom is 0.271 e. The molecular weight excluding hydrogens is 250 g/mol. The van der Waals surface area contributed by atoms with E-state index in [4.69, 9.17) is 9.47 Å². The zero-order valence-electron chi connectivity index (χ0n) is 10.6. The van der Waals surface area contributed by atoms with Gasteiger partial charge in [0.1, 0.15) is 12.4 Å². The molecule has 0 atom stereocenters. The Morgan fingerprint density at radius 2 is 1.95 bits per heavy atom. The molecule has 0 spiro atoms. The lowest BCUT2D eigenvalue weighted by atomic mass is 10.2. The van der Waals surface area contributed by atoms with Gasteiger partial charge in [-0.25, -0.2) is 0 Å². The van der Waals surface area contributed by atoms with Crippen molar-refractivity contribution in [3.05, 3.63) is 28.3 Å². The molecule has 1 aliphatic heterocycles. The number of fused-ring (bicyclic) bond motifs is 1. The molecule has 2 rings (SSSR count). The van der Waals surface area contributed by atoms with Crippen LogP contribution in [0.3, 0.4) is 0 Å². The van der Waals surface area contributed by atoms with Crippen molar-refractivity contribution in [2.24, 2.45) is 0 Å². The number of non-ortho nitro benzene ring substituents is 1. The third-order valence-corrected chi connectivity index (χ3v) is 2.70. The van der Waals surface area contributed by atoms with Crippen LogP contribution in [0.15, 0.2) is 18.2 Å². The topological polar surface area (TPSA) is 85.7 Å². The van der Waals surface area contributed by atoms with Gasteiger partial charge in [0.15, 0.2) is 0 Å². The molecule has 0 bridgehead atoms. The number of benzene rings is 1. The van der Waals surface area contributed by atoms with Crippen LogP contribution >= 0.6 is 0 Å². The first-order valence-corrected chi connectivity index (χ1v) is 6.21. The molecule has 19 heavy (non-hydrogen) atoms. The second-order valence-corrected chi connectivity index (χ2v) is 4.08. The van der Waals surface area contributed by atoms with Crippen LogP contribution in [-0.2, 0) is 4.74 Å². The van der Waals surface area contributed by atoms with Crippen LogP contribution in [0.5, 0.6) is 5.75 Å². The maximum atomic E-state index is 10.8. The van der Waals surface area contributed by atoms with E-state index in [1.165, 1.54) is 12.1 Å². The summed E-state index contributed by atoms with van der Waals surface area (Å²) in [5.74, 6) is 0.618. The lowest BCUT2D eigenvalue weighted by Gasteiger charge is -2.15. The van der Waals surface area contributed by atoms with Gasteiger partial charge < -0.3 is 20.1 Å². The van der Waals surface area contributed by atoms with Crippen LogP contribution in [0.4, 0.5) is 11.4 Å². The van der Waals surface area contributed by atoms with Crippen LogP contribution in [0, 0.1) is 10.1 Å². The fourth-order valence-corrected chi connectivity index (χ4v) is 1.76. The first-order chi connectivity index (χ1) is 9.27. The number of nitro benzene ring substituents is 1. The molecule has 2 N–H and O–H groups in total. The first-order valence-electron chi connectivity index (χ1n) is 6.21. The molecule has 7 nitrogen and oxygen atoms in total. The van der Waals surface area contributed by atoms with Gasteiger partial charge in [-0.2, -0.15) is 0 Å². The predicted molar refractivity (Wildman–Crippen MR) is 70.8 cm³/mol. The number of hydrogen-bond donors (Lipinski definition) is 2. The summed E-state index contributed by atoms with van der Waals surface area (Å²) >= 11 is 0. The number of rotatable bonds is 1. The molecule has 0 unspecified atom stereocenters. The summed E-state index contributed by atoms with van der Waals surface area (Å²) in [4.78, 5) is 10.3. The second-order valence-electron chi connectivity index (χ2n) is 4.08. The van der Waals surface area contributed by atoms with Gasteiger partial charge in [0, 0.05) is 31.8 Å². The van der Waals surface area contributed by atoms with Crippen molar-refractivity contribution in [3.8, 4) is 5.75 Å². The van der Waals surface area contributed by atoms with E-state index < -0.39 is 4.92 Å². The Morgan fingerprint density at radius 3 is 2.79 bits per heavy atom. The highest BCUT2D eigenvalue weighted by atomic mass is 16.6. The largest absolute Gasteiger partial charge is 0.490 e. The molecule has 0 radical (unpaired) electrons. The van der Waals surface area contributed by atoms with Crippen molar-refractivity contribution in [2.45, 2.75) is 0 Å². The Labute approximate surface area is 111 Å². The van der Waals surface area contributed by atoms with E-state index in [1.54, 1.807) is 6.07 Å². The molecule has 0 fully saturated rings. The van der Waals surface area contributed by atoms with Crippen molar-refractivity contribution < 1.29 is 14.4 Å². The van der Waals surface area contributed by atoms with E-state index in [2.05, 4.69) is 10.6 Å². The van der Waals surface area contributed by atoms with E-state index in [0.29, 0.717) is 44.3 Å². The highest BCUT2D eigenvalue weighted by molar-refractivity contribution is 5.61. The lowest BCUT2D eigenvalue weighted by Crippen LogP contribution is -2.26. The fraction of sp³-hybridized carbons (Fsp3) is 0.500. The van der Waals surface area contributed by atoms with Crippen LogP contribution in [-0.4, -0.2) is 44.4 Å². The normalized spacial score (nSPS) is 17.1. The summed E-state index contributed by atoms with van der Waals surface area (Å²) in [5, 5.41) is 17.1. The molecule has 0 amide bonds. The van der Waals surface area contributed by atoms with E-state index >= 15 is 0 Å². The Balaban J connectivity index is 2.13. The zero-order chi connectivity index (χ0) is 13.5. The van der Waals surface area contributed by atoms with Crippen molar-refractivity contribution in [1.82, 2.24) is 5.32 Å². The van der Waals surface area contributed by atoms with Crippen molar-refractivity contribution in [1.29, 1.82) is 0 Å². The molecule has 7 heteroatoms. The summed E-state index contributed by atoms with van der Waals surface area (Å²) in [6.45, 7) is 3.77. The maximum absolute atomic E-state index is 10.8. The number of anilines is 1. The zero-order valence-corrected chi connectivity index (χ0v) is 10.6. The number of hydrogen-bond acceptors (Lipinski definition) is 6. The SMILES string of the molecule is O=[N+]([O-])c1ccc2c(c1)NCCOCCNCCO2. The summed E-state index contributed by atoms with van der Waals surface area (Å²) in [6, 6.07) is 4.54. The Kier molecular flexibility index (Phi) is 4.93. The van der Waals surface area contributed by atoms with Gasteiger partial charge in [0.2, 0.25) is 0 Å². The average Bonchev–Trinajstić information content (AvgIpc) is 2.39. The van der Waals surface area contributed by atoms with Crippen LogP contribution < -0.4 is 15.4 Å². The molecule has 0 saturated carbocycles. The minimum atomic E-state index is -0.420. The third-order valence-electron chi connectivity index (χ3n) is 2.70. The molecule has 1 aromatic rings. The summed E-state index contributed by atoms with van der Waals surface area (Å²) < 4.78 is 11.0. The summed E-state index contributed by atoms with van der Waals surface area (Å²) in [7, 11) is 0. The second kappa shape index (κ2) is 6.91. The molecule has 104 valence electrons. The number of nitro groups is 1. The minimum Gasteiger partial charge on any atom is -0.490 e. The monoisotopic (exact) mass is 267 g/mol. The van der Waals surface area contributed by atoms with Crippen molar-refractivity contribution in [3.63, 3.8) is 0 Å². The fourth-order valence-electron chi connectivity index (χ4n) is 1.76. The minimum absolute atomic E-state index is 0.0426. The summed E-state index contributed by atoms with van der Waals surface area (Å²) in [5.41, 5.74) is 0.666. The van der Waals surface area contributed by atoms with Gasteiger partial charge in [-0.3, -0.25) is 10.1 Å².